The summed E-state index contributed by atoms with van der Waals surface area (Å²) in [6.07, 6.45) is 16.1. The lowest BCUT2D eigenvalue weighted by Crippen LogP contribution is -2.47. The normalized spacial score (nSPS) is 21.0. The van der Waals surface area contributed by atoms with Crippen LogP contribution in [-0.2, 0) is 14.4 Å². The van der Waals surface area contributed by atoms with Gasteiger partial charge in [0.15, 0.2) is 5.65 Å². The minimum atomic E-state index is -0.347. The first-order valence-corrected chi connectivity index (χ1v) is 18.8. The van der Waals surface area contributed by atoms with Gasteiger partial charge in [0.25, 0.3) is 5.91 Å². The van der Waals surface area contributed by atoms with Crippen molar-refractivity contribution in [3.8, 4) is 5.75 Å². The smallest absolute Gasteiger partial charge is 0.261 e. The number of carbonyl (C=O) groups excluding carboxylic acids is 4. The Labute approximate surface area is 311 Å². The van der Waals surface area contributed by atoms with Crippen molar-refractivity contribution < 1.29 is 23.9 Å². The number of hydrogen-bond acceptors (Lipinski definition) is 10. The minimum absolute atomic E-state index is 0.0337. The van der Waals surface area contributed by atoms with E-state index in [2.05, 4.69) is 35.9 Å². The summed E-state index contributed by atoms with van der Waals surface area (Å²) in [5.74, 6) is 0.434. The third-order valence-electron chi connectivity index (χ3n) is 10.8. The molecular formula is C39H44N10O5. The molecule has 3 aliphatic rings. The van der Waals surface area contributed by atoms with E-state index in [-0.39, 0.29) is 53.5 Å². The van der Waals surface area contributed by atoms with Crippen molar-refractivity contribution in [1.82, 2.24) is 39.6 Å². The number of imidazole rings is 1. The predicted octanol–water partition coefficient (Wildman–Crippen LogP) is 4.39. The van der Waals surface area contributed by atoms with Gasteiger partial charge in [-0.1, -0.05) is 6.07 Å². The van der Waals surface area contributed by atoms with Crippen molar-refractivity contribution in [3.05, 3.63) is 78.3 Å². The highest BCUT2D eigenvalue weighted by atomic mass is 16.5. The number of anilines is 2. The molecule has 15 nitrogen and oxygen atoms in total. The second kappa shape index (κ2) is 14.9. The molecule has 3 fully saturated rings. The third-order valence-corrected chi connectivity index (χ3v) is 10.8. The molecule has 1 unspecified atom stereocenters. The number of rotatable bonds is 9. The molecule has 3 N–H and O–H groups in total. The molecule has 0 bridgehead atoms. The molecule has 1 atom stereocenters. The molecule has 0 radical (unpaired) electrons. The summed E-state index contributed by atoms with van der Waals surface area (Å²) in [5.41, 5.74) is 3.88. The number of pyridine rings is 2. The Balaban J connectivity index is 0.849. The molecule has 7 heterocycles. The van der Waals surface area contributed by atoms with E-state index >= 15 is 0 Å². The number of hydrogen-bond donors (Lipinski definition) is 3. The molecule has 8 rings (SSSR count). The van der Waals surface area contributed by atoms with Gasteiger partial charge in [0, 0.05) is 74.4 Å². The molecule has 5 aromatic rings. The van der Waals surface area contributed by atoms with Crippen LogP contribution in [0.1, 0.15) is 98.7 Å². The average Bonchev–Trinajstić information content (AvgIpc) is 3.78. The quantitative estimate of drug-likeness (QED) is 0.184. The summed E-state index contributed by atoms with van der Waals surface area (Å²) in [4.78, 5) is 66.8. The van der Waals surface area contributed by atoms with Crippen molar-refractivity contribution in [2.24, 2.45) is 5.92 Å². The molecular weight excluding hydrogens is 688 g/mol. The molecule has 2 saturated heterocycles. The number of imide groups is 1. The van der Waals surface area contributed by atoms with Crippen LogP contribution < -0.4 is 25.6 Å². The van der Waals surface area contributed by atoms with Crippen molar-refractivity contribution in [3.63, 3.8) is 0 Å². The van der Waals surface area contributed by atoms with Crippen LogP contribution >= 0.6 is 0 Å². The highest BCUT2D eigenvalue weighted by molar-refractivity contribution is 6.07. The van der Waals surface area contributed by atoms with Gasteiger partial charge in [-0.3, -0.25) is 24.5 Å². The molecule has 15 heteroatoms. The van der Waals surface area contributed by atoms with E-state index in [1.54, 1.807) is 41.6 Å². The lowest BCUT2D eigenvalue weighted by molar-refractivity contribution is -0.134. The Hall–Kier alpha value is -5.86. The maximum atomic E-state index is 13.6. The zero-order valence-electron chi connectivity index (χ0n) is 30.4. The van der Waals surface area contributed by atoms with Crippen molar-refractivity contribution >= 4 is 46.4 Å². The Kier molecular flexibility index (Phi) is 9.69. The summed E-state index contributed by atoms with van der Waals surface area (Å²) >= 11 is 0. The summed E-state index contributed by atoms with van der Waals surface area (Å²) < 4.78 is 9.55. The first-order chi connectivity index (χ1) is 26.2. The van der Waals surface area contributed by atoms with Crippen LogP contribution in [0, 0.1) is 5.92 Å². The first kappa shape index (κ1) is 35.2. The van der Waals surface area contributed by atoms with Gasteiger partial charge < -0.3 is 24.7 Å². The maximum absolute atomic E-state index is 13.6. The Morgan fingerprint density at radius 3 is 2.54 bits per heavy atom. The molecule has 1 saturated carbocycles. The van der Waals surface area contributed by atoms with Crippen LogP contribution in [0.15, 0.2) is 61.4 Å². The number of nitrogens with one attached hydrogen (secondary N) is 3. The second-order valence-electron chi connectivity index (χ2n) is 14.8. The van der Waals surface area contributed by atoms with Gasteiger partial charge in [0.05, 0.1) is 29.5 Å². The highest BCUT2D eigenvalue weighted by Gasteiger charge is 2.32. The number of fused-ring (bicyclic) bond motifs is 2. The summed E-state index contributed by atoms with van der Waals surface area (Å²) in [6, 6.07) is 7.56. The Morgan fingerprint density at radius 1 is 0.981 bits per heavy atom. The fourth-order valence-electron chi connectivity index (χ4n) is 7.88. The molecule has 2 aliphatic heterocycles. The number of nitrogens with zero attached hydrogens (tertiary/aromatic N) is 7. The highest BCUT2D eigenvalue weighted by Crippen LogP contribution is 2.37. The van der Waals surface area contributed by atoms with Crippen LogP contribution in [0.2, 0.25) is 0 Å². The van der Waals surface area contributed by atoms with Crippen LogP contribution in [-0.4, -0.2) is 77.8 Å². The summed E-state index contributed by atoms with van der Waals surface area (Å²) in [5, 5.41) is 12.9. The fraction of sp³-hybridized carbons (Fsp3) is 0.436. The van der Waals surface area contributed by atoms with Crippen LogP contribution in [0.4, 0.5) is 11.5 Å². The van der Waals surface area contributed by atoms with Crippen LogP contribution in [0.3, 0.4) is 0 Å². The minimum Gasteiger partial charge on any atom is -0.490 e. The third kappa shape index (κ3) is 7.34. The van der Waals surface area contributed by atoms with Crippen LogP contribution in [0.25, 0.3) is 11.3 Å². The summed E-state index contributed by atoms with van der Waals surface area (Å²) in [6.45, 7) is 5.39. The lowest BCUT2D eigenvalue weighted by Gasteiger charge is -2.34. The van der Waals surface area contributed by atoms with Gasteiger partial charge in [0.1, 0.15) is 22.9 Å². The molecule has 5 aromatic heterocycles. The number of ether oxygens (including phenoxy) is 1. The van der Waals surface area contributed by atoms with Gasteiger partial charge in [0.2, 0.25) is 17.7 Å². The van der Waals surface area contributed by atoms with Gasteiger partial charge in [-0.05, 0) is 76.5 Å². The predicted molar refractivity (Wildman–Crippen MR) is 199 cm³/mol. The zero-order valence-corrected chi connectivity index (χ0v) is 30.4. The largest absolute Gasteiger partial charge is 0.490 e. The molecule has 280 valence electrons. The SMILES string of the molecule is CC(C)Oc1cc2nc([C@H]3CC[C@H](C(=O)NC4CCN(c5ccc(C6CCC(=O)NC6=O)cn5)CC4)CC3)cn2cc1C(=O)Nc1cnn2cccnc12. The van der Waals surface area contributed by atoms with E-state index in [4.69, 9.17) is 9.72 Å². The molecule has 4 amide bonds. The molecule has 0 aromatic carbocycles. The van der Waals surface area contributed by atoms with Gasteiger partial charge >= 0.3 is 0 Å². The lowest BCUT2D eigenvalue weighted by atomic mass is 9.80. The Bertz CT molecular complexity index is 2200. The number of aromatic nitrogens is 6. The van der Waals surface area contributed by atoms with Crippen molar-refractivity contribution in [1.29, 1.82) is 0 Å². The maximum Gasteiger partial charge on any atom is 0.261 e. The monoisotopic (exact) mass is 732 g/mol. The standard InChI is InChI=1S/C39H44N10O5/c1-23(2)54-32-18-34-44-31(22-48(34)21-29(32)39(53)45-30-20-42-49-15-3-14-40-36(30)49)24-4-6-25(7-5-24)37(51)43-27-12-16-47(17-13-27)33-10-8-26(19-41-33)28-9-11-35(50)46-38(28)52/h3,8,10,14-15,18-25,27-28H,4-7,9,11-13,16-17H2,1-2H3,(H,43,51)(H,45,53)(H,46,50,52)/t24-,25-,28?. The first-order valence-electron chi connectivity index (χ1n) is 18.8. The summed E-state index contributed by atoms with van der Waals surface area (Å²) in [7, 11) is 0. The molecule has 1 aliphatic carbocycles. The topological polar surface area (TPSA) is 177 Å². The average molecular weight is 733 g/mol. The van der Waals surface area contributed by atoms with Crippen LogP contribution in [0.5, 0.6) is 5.75 Å². The van der Waals surface area contributed by atoms with Gasteiger partial charge in [-0.25, -0.2) is 19.5 Å². The van der Waals surface area contributed by atoms with E-state index in [1.807, 2.05) is 42.6 Å². The number of piperidine rings is 2. The van der Waals surface area contributed by atoms with Crippen molar-refractivity contribution in [2.45, 2.75) is 89.2 Å². The Morgan fingerprint density at radius 2 is 1.80 bits per heavy atom. The van der Waals surface area contributed by atoms with E-state index in [1.165, 1.54) is 0 Å². The van der Waals surface area contributed by atoms with Gasteiger partial charge in [-0.2, -0.15) is 5.10 Å². The van der Waals surface area contributed by atoms with E-state index in [0.717, 1.165) is 68.7 Å². The van der Waals surface area contributed by atoms with E-state index in [0.29, 0.717) is 41.1 Å². The van der Waals surface area contributed by atoms with E-state index in [9.17, 15) is 19.2 Å². The van der Waals surface area contributed by atoms with Crippen molar-refractivity contribution in [2.75, 3.05) is 23.3 Å². The molecule has 54 heavy (non-hydrogen) atoms. The molecule has 0 spiro atoms. The zero-order chi connectivity index (χ0) is 37.3. The fourth-order valence-corrected chi connectivity index (χ4v) is 7.88. The van der Waals surface area contributed by atoms with Gasteiger partial charge in [-0.15, -0.1) is 0 Å². The van der Waals surface area contributed by atoms with E-state index < -0.39 is 0 Å². The number of carbonyl (C=O) groups is 4. The number of amides is 4. The second-order valence-corrected chi connectivity index (χ2v) is 14.8.